The van der Waals surface area contributed by atoms with Crippen LogP contribution in [0.15, 0.2) is 71.6 Å². The van der Waals surface area contributed by atoms with Crippen LogP contribution in [0.25, 0.3) is 10.8 Å². The molecule has 6 heteroatoms. The first-order valence-corrected chi connectivity index (χ1v) is 10.3. The largest absolute Gasteiger partial charge is 0.395 e. The van der Waals surface area contributed by atoms with Crippen LogP contribution < -0.4 is 9.62 Å². The zero-order valence-electron chi connectivity index (χ0n) is 15.5. The highest BCUT2D eigenvalue weighted by Crippen LogP contribution is 2.30. The lowest BCUT2D eigenvalue weighted by molar-refractivity contribution is 0.256. The molecule has 27 heavy (non-hydrogen) atoms. The van der Waals surface area contributed by atoms with Crippen molar-refractivity contribution >= 4 is 26.5 Å². The maximum atomic E-state index is 13.1. The molecule has 1 atom stereocenters. The normalized spacial score (nSPS) is 12.9. The third-order valence-corrected chi connectivity index (χ3v) is 6.08. The van der Waals surface area contributed by atoms with Gasteiger partial charge in [-0.2, -0.15) is 0 Å². The van der Waals surface area contributed by atoms with E-state index in [1.54, 1.807) is 12.1 Å². The van der Waals surface area contributed by atoms with Gasteiger partial charge in [-0.3, -0.25) is 0 Å². The summed E-state index contributed by atoms with van der Waals surface area (Å²) >= 11 is 0. The van der Waals surface area contributed by atoms with E-state index < -0.39 is 16.1 Å². The quantitative estimate of drug-likeness (QED) is 0.657. The van der Waals surface area contributed by atoms with Crippen LogP contribution in [-0.4, -0.2) is 40.3 Å². The molecule has 142 valence electrons. The highest BCUT2D eigenvalue weighted by atomic mass is 32.2. The number of aliphatic hydroxyl groups is 1. The third kappa shape index (κ3) is 4.30. The van der Waals surface area contributed by atoms with E-state index in [0.29, 0.717) is 11.8 Å². The SMILES string of the molecule is CN(C)c1cccc2c(S(=O)(=O)N[C@@H](CO)Cc3ccccc3)cccc12. The fraction of sp³-hybridized carbons (Fsp3) is 0.238. The number of hydrogen-bond acceptors (Lipinski definition) is 4. The molecule has 0 spiro atoms. The minimum absolute atomic E-state index is 0.218. The minimum Gasteiger partial charge on any atom is -0.395 e. The molecule has 0 saturated heterocycles. The van der Waals surface area contributed by atoms with Gasteiger partial charge in [0.2, 0.25) is 10.0 Å². The number of aliphatic hydroxyl groups excluding tert-OH is 1. The molecule has 0 radical (unpaired) electrons. The molecular formula is C21H24N2O3S. The summed E-state index contributed by atoms with van der Waals surface area (Å²) in [5, 5.41) is 11.2. The Morgan fingerprint density at radius 1 is 0.926 bits per heavy atom. The average Bonchev–Trinajstić information content (AvgIpc) is 2.67. The first-order chi connectivity index (χ1) is 12.9. The second-order valence-electron chi connectivity index (χ2n) is 6.71. The number of sulfonamides is 1. The van der Waals surface area contributed by atoms with Gasteiger partial charge in [-0.25, -0.2) is 13.1 Å². The highest BCUT2D eigenvalue weighted by Gasteiger charge is 2.22. The van der Waals surface area contributed by atoms with Gasteiger partial charge in [-0.15, -0.1) is 0 Å². The van der Waals surface area contributed by atoms with Crippen LogP contribution in [0, 0.1) is 0 Å². The summed E-state index contributed by atoms with van der Waals surface area (Å²) in [6.07, 6.45) is 0.421. The molecule has 3 aromatic rings. The van der Waals surface area contributed by atoms with Gasteiger partial charge >= 0.3 is 0 Å². The topological polar surface area (TPSA) is 69.6 Å². The number of nitrogens with zero attached hydrogens (tertiary/aromatic N) is 1. The van der Waals surface area contributed by atoms with Gasteiger partial charge in [-0.1, -0.05) is 54.6 Å². The Kier molecular flexibility index (Phi) is 5.79. The molecule has 0 unspecified atom stereocenters. The van der Waals surface area contributed by atoms with E-state index in [1.807, 2.05) is 73.6 Å². The Morgan fingerprint density at radius 2 is 1.59 bits per heavy atom. The lowest BCUT2D eigenvalue weighted by Crippen LogP contribution is -2.39. The summed E-state index contributed by atoms with van der Waals surface area (Å²) in [6, 6.07) is 19.8. The summed E-state index contributed by atoms with van der Waals surface area (Å²) < 4.78 is 28.8. The standard InChI is InChI=1S/C21H24N2O3S/c1-23(2)20-12-6-11-19-18(20)10-7-13-21(19)27(25,26)22-17(15-24)14-16-8-4-3-5-9-16/h3-13,17,22,24H,14-15H2,1-2H3/t17-/m1/s1. The van der Waals surface area contributed by atoms with E-state index in [4.69, 9.17) is 0 Å². The van der Waals surface area contributed by atoms with E-state index in [9.17, 15) is 13.5 Å². The molecule has 0 aliphatic rings. The summed E-state index contributed by atoms with van der Waals surface area (Å²) in [5.74, 6) is 0. The minimum atomic E-state index is -3.79. The maximum absolute atomic E-state index is 13.1. The Bertz CT molecular complexity index is 1020. The fourth-order valence-corrected chi connectivity index (χ4v) is 4.66. The number of benzene rings is 3. The van der Waals surface area contributed by atoms with Crippen molar-refractivity contribution in [2.24, 2.45) is 0 Å². The van der Waals surface area contributed by atoms with Crippen molar-refractivity contribution in [3.8, 4) is 0 Å². The van der Waals surface area contributed by atoms with Crippen molar-refractivity contribution in [1.29, 1.82) is 0 Å². The van der Waals surface area contributed by atoms with E-state index in [-0.39, 0.29) is 11.5 Å². The van der Waals surface area contributed by atoms with E-state index in [2.05, 4.69) is 4.72 Å². The third-order valence-electron chi connectivity index (χ3n) is 4.50. The van der Waals surface area contributed by atoms with Crippen molar-refractivity contribution < 1.29 is 13.5 Å². The molecule has 0 saturated carbocycles. The van der Waals surface area contributed by atoms with Gasteiger partial charge in [0.1, 0.15) is 0 Å². The number of fused-ring (bicyclic) bond motifs is 1. The molecular weight excluding hydrogens is 360 g/mol. The van der Waals surface area contributed by atoms with E-state index >= 15 is 0 Å². The second-order valence-corrected chi connectivity index (χ2v) is 8.40. The van der Waals surface area contributed by atoms with Gasteiger partial charge in [0.25, 0.3) is 0 Å². The second kappa shape index (κ2) is 8.08. The monoisotopic (exact) mass is 384 g/mol. The highest BCUT2D eigenvalue weighted by molar-refractivity contribution is 7.89. The molecule has 5 nitrogen and oxygen atoms in total. The lowest BCUT2D eigenvalue weighted by atomic mass is 10.1. The number of rotatable bonds is 7. The van der Waals surface area contributed by atoms with Gasteiger partial charge < -0.3 is 10.0 Å². The average molecular weight is 385 g/mol. The van der Waals surface area contributed by atoms with Crippen molar-refractivity contribution in [3.05, 3.63) is 72.3 Å². The molecule has 0 amide bonds. The van der Waals surface area contributed by atoms with Crippen LogP contribution in [0.4, 0.5) is 5.69 Å². The summed E-state index contributed by atoms with van der Waals surface area (Å²) in [4.78, 5) is 2.17. The van der Waals surface area contributed by atoms with Crippen LogP contribution >= 0.6 is 0 Å². The van der Waals surface area contributed by atoms with Gasteiger partial charge in [0, 0.05) is 36.6 Å². The molecule has 0 heterocycles. The Balaban J connectivity index is 1.96. The lowest BCUT2D eigenvalue weighted by Gasteiger charge is -2.19. The molecule has 0 bridgehead atoms. The Hall–Kier alpha value is -2.41. The van der Waals surface area contributed by atoms with Gasteiger partial charge in [0.15, 0.2) is 0 Å². The number of hydrogen-bond donors (Lipinski definition) is 2. The molecule has 0 aromatic heterocycles. The number of anilines is 1. The van der Waals surface area contributed by atoms with Crippen molar-refractivity contribution in [3.63, 3.8) is 0 Å². The molecule has 3 aromatic carbocycles. The van der Waals surface area contributed by atoms with Crippen LogP contribution in [0.2, 0.25) is 0 Å². The molecule has 2 N–H and O–H groups in total. The smallest absolute Gasteiger partial charge is 0.241 e. The summed E-state index contributed by atoms with van der Waals surface area (Å²) in [5.41, 5.74) is 1.92. The van der Waals surface area contributed by atoms with Gasteiger partial charge in [0.05, 0.1) is 11.5 Å². The predicted molar refractivity (Wildman–Crippen MR) is 110 cm³/mol. The van der Waals surface area contributed by atoms with Gasteiger partial charge in [-0.05, 0) is 24.1 Å². The molecule has 0 fully saturated rings. The van der Waals surface area contributed by atoms with Crippen LogP contribution in [-0.2, 0) is 16.4 Å². The predicted octanol–water partition coefficient (Wildman–Crippen LogP) is 2.79. The Morgan fingerprint density at radius 3 is 2.26 bits per heavy atom. The zero-order valence-corrected chi connectivity index (χ0v) is 16.3. The van der Waals surface area contributed by atoms with Crippen LogP contribution in [0.5, 0.6) is 0 Å². The Labute approximate surface area is 160 Å². The summed E-state index contributed by atoms with van der Waals surface area (Å²) in [6.45, 7) is -0.276. The first kappa shape index (κ1) is 19.4. The fourth-order valence-electron chi connectivity index (χ4n) is 3.21. The first-order valence-electron chi connectivity index (χ1n) is 8.78. The van der Waals surface area contributed by atoms with Crippen LogP contribution in [0.3, 0.4) is 0 Å². The molecule has 3 rings (SSSR count). The van der Waals surface area contributed by atoms with Crippen molar-refractivity contribution in [2.45, 2.75) is 17.4 Å². The van der Waals surface area contributed by atoms with E-state index in [0.717, 1.165) is 16.6 Å². The van der Waals surface area contributed by atoms with E-state index in [1.165, 1.54) is 0 Å². The summed E-state index contributed by atoms with van der Waals surface area (Å²) in [7, 11) is 0.0636. The maximum Gasteiger partial charge on any atom is 0.241 e. The van der Waals surface area contributed by atoms with Crippen molar-refractivity contribution in [2.75, 3.05) is 25.6 Å². The molecule has 0 aliphatic carbocycles. The molecule has 0 aliphatic heterocycles. The zero-order chi connectivity index (χ0) is 19.4. The van der Waals surface area contributed by atoms with Crippen LogP contribution in [0.1, 0.15) is 5.56 Å². The number of nitrogens with one attached hydrogen (secondary N) is 1. The van der Waals surface area contributed by atoms with Crippen molar-refractivity contribution in [1.82, 2.24) is 4.72 Å².